The van der Waals surface area contributed by atoms with Gasteiger partial charge in [-0.15, -0.1) is 21.6 Å². The van der Waals surface area contributed by atoms with E-state index in [1.54, 1.807) is 14.0 Å². The van der Waals surface area contributed by atoms with Gasteiger partial charge in [-0.3, -0.25) is 9.89 Å². The SMILES string of the molecule is COc1ccc(-c2csc(N=Nc3c(C)[nH]n(-c4ccccc4)c3=O)n2)cc1. The molecule has 4 rings (SSSR count). The molecule has 0 atom stereocenters. The van der Waals surface area contributed by atoms with E-state index in [1.165, 1.54) is 16.0 Å². The van der Waals surface area contributed by atoms with E-state index < -0.39 is 0 Å². The first-order valence-corrected chi connectivity index (χ1v) is 9.42. The molecule has 0 spiro atoms. The summed E-state index contributed by atoms with van der Waals surface area (Å²) in [5, 5.41) is 13.7. The van der Waals surface area contributed by atoms with E-state index in [0.717, 1.165) is 22.7 Å². The number of aryl methyl sites for hydroxylation is 1. The van der Waals surface area contributed by atoms with Gasteiger partial charge in [-0.1, -0.05) is 18.2 Å². The third-order valence-corrected chi connectivity index (χ3v) is 4.89. The molecule has 4 aromatic rings. The van der Waals surface area contributed by atoms with Gasteiger partial charge in [0, 0.05) is 10.9 Å². The van der Waals surface area contributed by atoms with Gasteiger partial charge in [0.1, 0.15) is 5.75 Å². The zero-order chi connectivity index (χ0) is 19.5. The van der Waals surface area contributed by atoms with Crippen molar-refractivity contribution in [2.24, 2.45) is 10.2 Å². The Bertz CT molecular complexity index is 1170. The molecule has 2 aromatic heterocycles. The first-order chi connectivity index (χ1) is 13.7. The highest BCUT2D eigenvalue weighted by Gasteiger charge is 2.12. The van der Waals surface area contributed by atoms with E-state index in [4.69, 9.17) is 4.74 Å². The van der Waals surface area contributed by atoms with Crippen LogP contribution in [0.25, 0.3) is 16.9 Å². The van der Waals surface area contributed by atoms with Crippen LogP contribution in [0, 0.1) is 6.92 Å². The van der Waals surface area contributed by atoms with Gasteiger partial charge in [-0.05, 0) is 43.3 Å². The minimum Gasteiger partial charge on any atom is -0.497 e. The Morgan fingerprint density at radius 3 is 2.54 bits per heavy atom. The van der Waals surface area contributed by atoms with Crippen molar-refractivity contribution >= 4 is 22.2 Å². The lowest BCUT2D eigenvalue weighted by Gasteiger charge is -2.00. The van der Waals surface area contributed by atoms with Gasteiger partial charge in [0.15, 0.2) is 5.69 Å². The van der Waals surface area contributed by atoms with Crippen molar-refractivity contribution < 1.29 is 4.74 Å². The number of aromatic amines is 1. The summed E-state index contributed by atoms with van der Waals surface area (Å²) >= 11 is 1.37. The molecule has 140 valence electrons. The summed E-state index contributed by atoms with van der Waals surface area (Å²) in [5.74, 6) is 0.788. The number of nitrogens with one attached hydrogen (secondary N) is 1. The minimum absolute atomic E-state index is 0.251. The summed E-state index contributed by atoms with van der Waals surface area (Å²) in [5.41, 5.74) is 3.17. The van der Waals surface area contributed by atoms with Crippen molar-refractivity contribution in [2.45, 2.75) is 6.92 Å². The largest absolute Gasteiger partial charge is 0.497 e. The molecule has 0 bridgehead atoms. The monoisotopic (exact) mass is 391 g/mol. The van der Waals surface area contributed by atoms with Crippen LogP contribution in [0.5, 0.6) is 5.75 Å². The third-order valence-electron chi connectivity index (χ3n) is 4.17. The quantitative estimate of drug-likeness (QED) is 0.485. The summed E-state index contributed by atoms with van der Waals surface area (Å²) in [6.07, 6.45) is 0. The molecule has 0 radical (unpaired) electrons. The second-order valence-electron chi connectivity index (χ2n) is 6.01. The maximum atomic E-state index is 12.6. The number of methoxy groups -OCH3 is 1. The Hall–Kier alpha value is -3.52. The average Bonchev–Trinajstić information content (AvgIpc) is 3.32. The normalized spacial score (nSPS) is 11.2. The molecule has 0 fully saturated rings. The highest BCUT2D eigenvalue weighted by molar-refractivity contribution is 7.13. The van der Waals surface area contributed by atoms with Crippen molar-refractivity contribution in [1.29, 1.82) is 0 Å². The minimum atomic E-state index is -0.251. The Balaban J connectivity index is 1.59. The molecule has 0 saturated carbocycles. The topological polar surface area (TPSA) is 84.6 Å². The first kappa shape index (κ1) is 17.9. The smallest absolute Gasteiger partial charge is 0.299 e. The second-order valence-corrected chi connectivity index (χ2v) is 6.84. The summed E-state index contributed by atoms with van der Waals surface area (Å²) in [4.78, 5) is 17.1. The number of nitrogens with zero attached hydrogens (tertiary/aromatic N) is 4. The highest BCUT2D eigenvalue weighted by Crippen LogP contribution is 2.29. The van der Waals surface area contributed by atoms with Crippen molar-refractivity contribution in [2.75, 3.05) is 7.11 Å². The summed E-state index contributed by atoms with van der Waals surface area (Å²) < 4.78 is 6.62. The average molecular weight is 391 g/mol. The first-order valence-electron chi connectivity index (χ1n) is 8.54. The fraction of sp³-hybridized carbons (Fsp3) is 0.100. The maximum Gasteiger partial charge on any atom is 0.299 e. The van der Waals surface area contributed by atoms with Gasteiger partial charge in [0.2, 0.25) is 5.13 Å². The van der Waals surface area contributed by atoms with Crippen molar-refractivity contribution in [1.82, 2.24) is 14.8 Å². The summed E-state index contributed by atoms with van der Waals surface area (Å²) in [6, 6.07) is 17.0. The number of hydrogen-bond acceptors (Lipinski definition) is 6. The van der Waals surface area contributed by atoms with Crippen LogP contribution in [0.1, 0.15) is 5.69 Å². The third kappa shape index (κ3) is 3.49. The molecule has 7 nitrogen and oxygen atoms in total. The van der Waals surface area contributed by atoms with Crippen molar-refractivity contribution in [3.63, 3.8) is 0 Å². The van der Waals surface area contributed by atoms with Gasteiger partial charge in [-0.25, -0.2) is 9.67 Å². The van der Waals surface area contributed by atoms with Crippen LogP contribution in [-0.2, 0) is 0 Å². The molecule has 2 aromatic carbocycles. The van der Waals surface area contributed by atoms with E-state index in [1.807, 2.05) is 60.0 Å². The fourth-order valence-corrected chi connectivity index (χ4v) is 3.36. The summed E-state index contributed by atoms with van der Waals surface area (Å²) in [6.45, 7) is 1.79. The molecule has 2 heterocycles. The number of para-hydroxylation sites is 1. The summed E-state index contributed by atoms with van der Waals surface area (Å²) in [7, 11) is 1.63. The molecule has 0 amide bonds. The Labute approximate surface area is 165 Å². The predicted octanol–water partition coefficient (Wildman–Crippen LogP) is 5.02. The standard InChI is InChI=1S/C20H17N5O2S/c1-13-18(19(26)25(24-13)15-6-4-3-5-7-15)22-23-20-21-17(12-28-20)14-8-10-16(27-2)11-9-14/h3-12,24H,1-2H3. The van der Waals surface area contributed by atoms with Gasteiger partial charge in [0.25, 0.3) is 5.56 Å². The van der Waals surface area contributed by atoms with Crippen LogP contribution in [0.2, 0.25) is 0 Å². The van der Waals surface area contributed by atoms with Crippen LogP contribution in [0.15, 0.2) is 75.0 Å². The molecule has 0 saturated heterocycles. The van der Waals surface area contributed by atoms with E-state index in [0.29, 0.717) is 10.8 Å². The second kappa shape index (κ2) is 7.61. The van der Waals surface area contributed by atoms with E-state index in [2.05, 4.69) is 20.3 Å². The molecule has 0 aliphatic carbocycles. The maximum absolute atomic E-state index is 12.6. The van der Waals surface area contributed by atoms with Crippen LogP contribution in [-0.4, -0.2) is 21.9 Å². The zero-order valence-electron chi connectivity index (χ0n) is 15.3. The molecular weight excluding hydrogens is 374 g/mol. The zero-order valence-corrected chi connectivity index (χ0v) is 16.1. The Kier molecular flexibility index (Phi) is 4.86. The van der Waals surface area contributed by atoms with Gasteiger partial charge >= 0.3 is 0 Å². The van der Waals surface area contributed by atoms with Crippen LogP contribution < -0.4 is 10.3 Å². The number of rotatable bonds is 5. The molecule has 1 N–H and O–H groups in total. The van der Waals surface area contributed by atoms with E-state index in [9.17, 15) is 4.79 Å². The molecule has 0 aliphatic heterocycles. The number of aromatic nitrogens is 3. The fourth-order valence-electron chi connectivity index (χ4n) is 2.71. The molecule has 0 aliphatic rings. The highest BCUT2D eigenvalue weighted by atomic mass is 32.1. The Morgan fingerprint density at radius 2 is 1.82 bits per heavy atom. The molecule has 28 heavy (non-hydrogen) atoms. The van der Waals surface area contributed by atoms with Crippen LogP contribution >= 0.6 is 11.3 Å². The lowest BCUT2D eigenvalue weighted by Crippen LogP contribution is -2.13. The molecular formula is C20H17N5O2S. The van der Waals surface area contributed by atoms with Crippen molar-refractivity contribution in [3.05, 3.63) is 76.0 Å². The van der Waals surface area contributed by atoms with Crippen molar-refractivity contribution in [3.8, 4) is 22.7 Å². The van der Waals surface area contributed by atoms with Crippen LogP contribution in [0.4, 0.5) is 10.8 Å². The Morgan fingerprint density at radius 1 is 1.07 bits per heavy atom. The number of H-pyrrole nitrogens is 1. The number of thiazole rings is 1. The van der Waals surface area contributed by atoms with Gasteiger partial charge in [-0.2, -0.15) is 0 Å². The van der Waals surface area contributed by atoms with Gasteiger partial charge in [0.05, 0.1) is 24.2 Å². The number of benzene rings is 2. The number of ether oxygens (including phenoxy) is 1. The lowest BCUT2D eigenvalue weighted by atomic mass is 10.2. The molecule has 8 heteroatoms. The lowest BCUT2D eigenvalue weighted by molar-refractivity contribution is 0.415. The van der Waals surface area contributed by atoms with E-state index in [-0.39, 0.29) is 11.2 Å². The van der Waals surface area contributed by atoms with Gasteiger partial charge < -0.3 is 4.74 Å². The molecule has 0 unspecified atom stereocenters. The van der Waals surface area contributed by atoms with E-state index >= 15 is 0 Å². The van der Waals surface area contributed by atoms with Crippen LogP contribution in [0.3, 0.4) is 0 Å². The predicted molar refractivity (Wildman–Crippen MR) is 109 cm³/mol. The number of azo groups is 1. The number of hydrogen-bond donors (Lipinski definition) is 1.